The van der Waals surface area contributed by atoms with Crippen molar-refractivity contribution in [1.82, 2.24) is 15.4 Å². The molecule has 2 amide bonds. The number of hydrogen-bond acceptors (Lipinski definition) is 5. The summed E-state index contributed by atoms with van der Waals surface area (Å²) in [5, 5.41) is 9.16. The van der Waals surface area contributed by atoms with Crippen LogP contribution in [-0.2, 0) is 9.59 Å². The van der Waals surface area contributed by atoms with E-state index in [9.17, 15) is 9.59 Å². The Hall–Kier alpha value is -1.89. The van der Waals surface area contributed by atoms with Gasteiger partial charge in [0.15, 0.2) is 5.82 Å². The Balaban J connectivity index is 1.79. The van der Waals surface area contributed by atoms with Gasteiger partial charge in [0.2, 0.25) is 11.8 Å². The molecule has 17 heavy (non-hydrogen) atoms. The number of rotatable bonds is 3. The van der Waals surface area contributed by atoms with E-state index >= 15 is 0 Å². The van der Waals surface area contributed by atoms with Crippen LogP contribution >= 0.6 is 0 Å². The van der Waals surface area contributed by atoms with Gasteiger partial charge in [0.1, 0.15) is 12.7 Å². The van der Waals surface area contributed by atoms with Crippen LogP contribution in [0.2, 0.25) is 0 Å². The van der Waals surface area contributed by atoms with E-state index in [0.717, 1.165) is 13.1 Å². The minimum absolute atomic E-state index is 0.160. The number of carbonyl (C=O) groups excluding carboxylic acids is 2. The highest BCUT2D eigenvalue weighted by Crippen LogP contribution is 2.03. The molecular weight excluding hydrogens is 224 g/mol. The maximum Gasteiger partial charge on any atom is 0.235 e. The van der Waals surface area contributed by atoms with Crippen molar-refractivity contribution >= 4 is 17.6 Å². The van der Waals surface area contributed by atoms with Gasteiger partial charge in [-0.05, 0) is 0 Å². The zero-order valence-corrected chi connectivity index (χ0v) is 9.31. The lowest BCUT2D eigenvalue weighted by atomic mass is 10.3. The maximum atomic E-state index is 11.7. The highest BCUT2D eigenvalue weighted by atomic mass is 16.5. The van der Waals surface area contributed by atoms with Crippen molar-refractivity contribution in [2.45, 2.75) is 6.42 Å². The number of carbonyl (C=O) groups is 2. The second-order valence-corrected chi connectivity index (χ2v) is 3.74. The maximum absolute atomic E-state index is 11.7. The molecule has 0 radical (unpaired) electrons. The van der Waals surface area contributed by atoms with Gasteiger partial charge in [-0.3, -0.25) is 9.59 Å². The third-order valence-electron chi connectivity index (χ3n) is 2.49. The first-order valence-corrected chi connectivity index (χ1v) is 5.44. The number of piperazine rings is 1. The summed E-state index contributed by atoms with van der Waals surface area (Å²) >= 11 is 0. The highest BCUT2D eigenvalue weighted by molar-refractivity contribution is 6.03. The molecule has 0 saturated carbocycles. The van der Waals surface area contributed by atoms with Crippen molar-refractivity contribution in [3.8, 4) is 0 Å². The van der Waals surface area contributed by atoms with E-state index in [4.69, 9.17) is 0 Å². The van der Waals surface area contributed by atoms with Gasteiger partial charge >= 0.3 is 0 Å². The van der Waals surface area contributed by atoms with Crippen LogP contribution in [0.3, 0.4) is 0 Å². The number of hydrogen-bond donors (Lipinski definition) is 2. The Morgan fingerprint density at radius 3 is 2.88 bits per heavy atom. The molecule has 0 unspecified atom stereocenters. The quantitative estimate of drug-likeness (QED) is 0.689. The molecule has 7 heteroatoms. The van der Waals surface area contributed by atoms with E-state index in [1.54, 1.807) is 4.90 Å². The number of nitrogens with one attached hydrogen (secondary N) is 2. The molecule has 1 aliphatic rings. The predicted octanol–water partition coefficient (Wildman–Crippen LogP) is -0.565. The number of amides is 2. The third-order valence-corrected chi connectivity index (χ3v) is 2.49. The van der Waals surface area contributed by atoms with Crippen LogP contribution in [0.15, 0.2) is 16.9 Å². The second-order valence-electron chi connectivity index (χ2n) is 3.74. The molecule has 2 heterocycles. The fraction of sp³-hybridized carbons (Fsp3) is 0.500. The number of anilines is 1. The SMILES string of the molecule is O=C(CC(=O)N1CCNCC1)Nc1ccon1. The van der Waals surface area contributed by atoms with Gasteiger partial charge in [-0.1, -0.05) is 5.16 Å². The molecule has 1 fully saturated rings. The van der Waals surface area contributed by atoms with E-state index in [-0.39, 0.29) is 18.2 Å². The molecule has 0 bridgehead atoms. The first-order chi connectivity index (χ1) is 8.25. The summed E-state index contributed by atoms with van der Waals surface area (Å²) in [4.78, 5) is 24.9. The molecule has 7 nitrogen and oxygen atoms in total. The summed E-state index contributed by atoms with van der Waals surface area (Å²) in [6.45, 7) is 2.85. The fourth-order valence-corrected chi connectivity index (χ4v) is 1.63. The van der Waals surface area contributed by atoms with Gasteiger partial charge in [-0.25, -0.2) is 0 Å². The van der Waals surface area contributed by atoms with Gasteiger partial charge in [0.25, 0.3) is 0 Å². The minimum Gasteiger partial charge on any atom is -0.363 e. The van der Waals surface area contributed by atoms with Crippen molar-refractivity contribution in [1.29, 1.82) is 0 Å². The smallest absolute Gasteiger partial charge is 0.235 e. The van der Waals surface area contributed by atoms with Crippen LogP contribution in [0, 0.1) is 0 Å². The molecular formula is C10H14N4O3. The summed E-state index contributed by atoms with van der Waals surface area (Å²) in [7, 11) is 0. The molecule has 1 aromatic rings. The molecule has 1 aliphatic heterocycles. The van der Waals surface area contributed by atoms with Gasteiger partial charge in [0.05, 0.1) is 0 Å². The fourth-order valence-electron chi connectivity index (χ4n) is 1.63. The lowest BCUT2D eigenvalue weighted by Crippen LogP contribution is -2.47. The third kappa shape index (κ3) is 3.28. The zero-order chi connectivity index (χ0) is 12.1. The second kappa shape index (κ2) is 5.44. The molecule has 0 spiro atoms. The first kappa shape index (κ1) is 11.6. The van der Waals surface area contributed by atoms with Crippen LogP contribution in [0.4, 0.5) is 5.82 Å². The van der Waals surface area contributed by atoms with Gasteiger partial charge in [-0.15, -0.1) is 0 Å². The summed E-state index contributed by atoms with van der Waals surface area (Å²) in [6.07, 6.45) is 1.20. The van der Waals surface area contributed by atoms with Gasteiger partial charge in [0, 0.05) is 32.2 Å². The van der Waals surface area contributed by atoms with Crippen molar-refractivity contribution in [3.05, 3.63) is 12.3 Å². The lowest BCUT2D eigenvalue weighted by Gasteiger charge is -2.27. The first-order valence-electron chi connectivity index (χ1n) is 5.44. The Morgan fingerprint density at radius 1 is 1.47 bits per heavy atom. The Morgan fingerprint density at radius 2 is 2.24 bits per heavy atom. The monoisotopic (exact) mass is 238 g/mol. The van der Waals surface area contributed by atoms with Crippen molar-refractivity contribution in [3.63, 3.8) is 0 Å². The Kier molecular flexibility index (Phi) is 3.71. The Bertz CT molecular complexity index is 384. The summed E-state index contributed by atoms with van der Waals surface area (Å²) in [6, 6.07) is 1.52. The normalized spacial score (nSPS) is 15.6. The van der Waals surface area contributed by atoms with E-state index in [1.807, 2.05) is 0 Å². The minimum atomic E-state index is -0.373. The largest absolute Gasteiger partial charge is 0.363 e. The molecule has 0 aromatic carbocycles. The highest BCUT2D eigenvalue weighted by Gasteiger charge is 2.19. The van der Waals surface area contributed by atoms with Crippen molar-refractivity contribution in [2.75, 3.05) is 31.5 Å². The number of nitrogens with zero attached hydrogens (tertiary/aromatic N) is 2. The van der Waals surface area contributed by atoms with Gasteiger partial charge < -0.3 is 20.1 Å². The average Bonchev–Trinajstić information content (AvgIpc) is 2.82. The van der Waals surface area contributed by atoms with E-state index in [0.29, 0.717) is 18.9 Å². The average molecular weight is 238 g/mol. The van der Waals surface area contributed by atoms with Crippen LogP contribution in [0.5, 0.6) is 0 Å². The molecule has 0 aliphatic carbocycles. The summed E-state index contributed by atoms with van der Waals surface area (Å²) in [5.74, 6) is -0.210. The summed E-state index contributed by atoms with van der Waals surface area (Å²) < 4.78 is 4.57. The molecule has 2 rings (SSSR count). The molecule has 1 saturated heterocycles. The molecule has 1 aromatic heterocycles. The summed E-state index contributed by atoms with van der Waals surface area (Å²) in [5.41, 5.74) is 0. The lowest BCUT2D eigenvalue weighted by molar-refractivity contribution is -0.135. The van der Waals surface area contributed by atoms with Crippen molar-refractivity contribution < 1.29 is 14.1 Å². The number of aromatic nitrogens is 1. The molecule has 0 atom stereocenters. The standard InChI is InChI=1S/C10H14N4O3/c15-9(12-8-1-6-17-13-8)7-10(16)14-4-2-11-3-5-14/h1,6,11H,2-5,7H2,(H,12,13,15). The van der Waals surface area contributed by atoms with E-state index < -0.39 is 0 Å². The topological polar surface area (TPSA) is 87.5 Å². The van der Waals surface area contributed by atoms with Gasteiger partial charge in [-0.2, -0.15) is 0 Å². The Labute approximate surface area is 98.1 Å². The van der Waals surface area contributed by atoms with Crippen LogP contribution in [0.25, 0.3) is 0 Å². The van der Waals surface area contributed by atoms with Crippen LogP contribution in [-0.4, -0.2) is 48.0 Å². The zero-order valence-electron chi connectivity index (χ0n) is 9.31. The van der Waals surface area contributed by atoms with E-state index in [2.05, 4.69) is 20.3 Å². The van der Waals surface area contributed by atoms with Crippen LogP contribution < -0.4 is 10.6 Å². The van der Waals surface area contributed by atoms with Crippen molar-refractivity contribution in [2.24, 2.45) is 0 Å². The molecule has 92 valence electrons. The van der Waals surface area contributed by atoms with E-state index in [1.165, 1.54) is 12.3 Å². The molecule has 2 N–H and O–H groups in total. The predicted molar refractivity (Wildman–Crippen MR) is 59.2 cm³/mol. The van der Waals surface area contributed by atoms with Crippen LogP contribution in [0.1, 0.15) is 6.42 Å².